The first-order chi connectivity index (χ1) is 17.1. The number of rotatable bonds is 8. The van der Waals surface area contributed by atoms with Gasteiger partial charge >= 0.3 is 11.9 Å². The summed E-state index contributed by atoms with van der Waals surface area (Å²) in [6.07, 6.45) is 1.70. The number of aromatic nitrogens is 1. The lowest BCUT2D eigenvalue weighted by atomic mass is 9.94. The van der Waals surface area contributed by atoms with Crippen LogP contribution in [0.4, 0.5) is 4.39 Å². The highest BCUT2D eigenvalue weighted by Crippen LogP contribution is 2.42. The summed E-state index contributed by atoms with van der Waals surface area (Å²) < 4.78 is 51.1. The second kappa shape index (κ2) is 10.6. The minimum absolute atomic E-state index is 0.0754. The van der Waals surface area contributed by atoms with Gasteiger partial charge in [0.2, 0.25) is 10.0 Å². The maximum absolute atomic E-state index is 13.8. The first-order valence-corrected chi connectivity index (χ1v) is 13.7. The van der Waals surface area contributed by atoms with Crippen molar-refractivity contribution in [3.8, 4) is 0 Å². The molecule has 2 aromatic rings. The van der Waals surface area contributed by atoms with E-state index in [0.29, 0.717) is 22.1 Å². The molecule has 4 rings (SSSR count). The van der Waals surface area contributed by atoms with Crippen molar-refractivity contribution in [2.24, 2.45) is 4.99 Å². The Hall–Kier alpha value is -2.87. The maximum Gasteiger partial charge on any atom is 0.338 e. The highest BCUT2D eigenvalue weighted by atomic mass is 35.5. The van der Waals surface area contributed by atoms with E-state index in [1.54, 1.807) is 23.4 Å². The molecule has 0 aliphatic carbocycles. The topological polar surface area (TPSA) is 127 Å². The number of sulfonamides is 1. The molecule has 0 bridgehead atoms. The minimum Gasteiger partial charge on any atom is -0.468 e. The average Bonchev–Trinajstić information content (AvgIpc) is 3.47. The van der Waals surface area contributed by atoms with Crippen LogP contribution in [-0.4, -0.2) is 68.1 Å². The summed E-state index contributed by atoms with van der Waals surface area (Å²) in [7, 11) is -2.92. The molecule has 1 aromatic carbocycles. The highest BCUT2D eigenvalue weighted by Gasteiger charge is 2.43. The standard InChI is InChI=1S/C22H22ClFN4O6S2/c1-3-34-22(30)18-16-9-13(27-36(31,32)11-17(29)33-2)10-28(16)20(21-25-6-7-35-21)26-19(18)14-5-4-12(24)8-15(14)23/h4-8,13,19,27H,3,9-11H2,1-2H3/t13-,19-/m0/s1. The van der Waals surface area contributed by atoms with Crippen molar-refractivity contribution in [2.45, 2.75) is 25.4 Å². The number of aliphatic imine (C=N–C) groups is 1. The van der Waals surface area contributed by atoms with Gasteiger partial charge in [-0.15, -0.1) is 11.3 Å². The Morgan fingerprint density at radius 1 is 1.36 bits per heavy atom. The molecule has 0 radical (unpaired) electrons. The van der Waals surface area contributed by atoms with E-state index in [1.807, 2.05) is 0 Å². The van der Waals surface area contributed by atoms with Crippen molar-refractivity contribution in [1.29, 1.82) is 0 Å². The number of carbonyl (C=O) groups excluding carboxylic acids is 2. The highest BCUT2D eigenvalue weighted by molar-refractivity contribution is 7.90. The van der Waals surface area contributed by atoms with Crippen molar-refractivity contribution in [2.75, 3.05) is 26.0 Å². The summed E-state index contributed by atoms with van der Waals surface area (Å²) in [5, 5.41) is 2.37. The van der Waals surface area contributed by atoms with Crippen molar-refractivity contribution < 1.29 is 31.9 Å². The molecular formula is C22H22ClFN4O6S2. The monoisotopic (exact) mass is 556 g/mol. The molecule has 36 heavy (non-hydrogen) atoms. The van der Waals surface area contributed by atoms with Crippen LogP contribution in [0.2, 0.25) is 5.02 Å². The zero-order valence-electron chi connectivity index (χ0n) is 19.2. The second-order valence-corrected chi connectivity index (χ2v) is 11.0. The van der Waals surface area contributed by atoms with Crippen LogP contribution in [-0.2, 0) is 29.1 Å². The molecule has 1 aromatic heterocycles. The third-order valence-corrected chi connectivity index (χ3v) is 7.92. The predicted octanol–water partition coefficient (Wildman–Crippen LogP) is 2.42. The zero-order valence-corrected chi connectivity index (χ0v) is 21.6. The predicted molar refractivity (Wildman–Crippen MR) is 131 cm³/mol. The number of hydrogen-bond donors (Lipinski definition) is 1. The third-order valence-electron chi connectivity index (χ3n) is 5.52. The Kier molecular flexibility index (Phi) is 7.73. The van der Waals surface area contributed by atoms with Crippen molar-refractivity contribution >= 4 is 50.7 Å². The largest absolute Gasteiger partial charge is 0.468 e. The summed E-state index contributed by atoms with van der Waals surface area (Å²) in [6.45, 7) is 1.88. The number of nitrogens with zero attached hydrogens (tertiary/aromatic N) is 3. The lowest BCUT2D eigenvalue weighted by molar-refractivity contribution is -0.139. The SMILES string of the molecule is CCOC(=O)C1=C2C[C@H](NS(=O)(=O)CC(=O)OC)CN2C(c2nccs2)=N[C@H]1c1ccc(F)cc1Cl. The van der Waals surface area contributed by atoms with Gasteiger partial charge in [-0.1, -0.05) is 17.7 Å². The smallest absolute Gasteiger partial charge is 0.338 e. The van der Waals surface area contributed by atoms with E-state index in [0.717, 1.165) is 13.2 Å². The van der Waals surface area contributed by atoms with Crippen molar-refractivity contribution in [3.05, 3.63) is 62.5 Å². The molecule has 0 unspecified atom stereocenters. The summed E-state index contributed by atoms with van der Waals surface area (Å²) >= 11 is 7.67. The lowest BCUT2D eigenvalue weighted by Crippen LogP contribution is -2.41. The Balaban J connectivity index is 1.81. The third kappa shape index (κ3) is 5.43. The molecule has 2 aliphatic rings. The fraction of sp³-hybridized carbons (Fsp3) is 0.364. The molecule has 14 heteroatoms. The Morgan fingerprint density at radius 2 is 2.14 bits per heavy atom. The molecule has 1 N–H and O–H groups in total. The van der Waals surface area contributed by atoms with Gasteiger partial charge in [0, 0.05) is 46.9 Å². The minimum atomic E-state index is -4.02. The number of ether oxygens (including phenoxy) is 2. The van der Waals surface area contributed by atoms with Crippen LogP contribution in [0, 0.1) is 5.82 Å². The van der Waals surface area contributed by atoms with Gasteiger partial charge in [-0.25, -0.2) is 27.3 Å². The summed E-state index contributed by atoms with van der Waals surface area (Å²) in [6, 6.07) is 2.18. The van der Waals surface area contributed by atoms with Crippen LogP contribution in [0.15, 0.2) is 46.0 Å². The van der Waals surface area contributed by atoms with E-state index in [-0.39, 0.29) is 30.2 Å². The number of amidine groups is 1. The normalized spacial score (nSPS) is 19.7. The van der Waals surface area contributed by atoms with Gasteiger partial charge in [-0.3, -0.25) is 9.79 Å². The van der Waals surface area contributed by atoms with Crippen LogP contribution >= 0.6 is 22.9 Å². The number of benzene rings is 1. The van der Waals surface area contributed by atoms with Crippen LogP contribution in [0.1, 0.15) is 30.0 Å². The van der Waals surface area contributed by atoms with Gasteiger partial charge in [-0.05, 0) is 19.1 Å². The molecule has 1 saturated heterocycles. The first-order valence-electron chi connectivity index (χ1n) is 10.8. The molecule has 192 valence electrons. The average molecular weight is 557 g/mol. The van der Waals surface area contributed by atoms with Crippen LogP contribution in [0.25, 0.3) is 0 Å². The molecule has 0 spiro atoms. The molecular weight excluding hydrogens is 535 g/mol. The molecule has 3 heterocycles. The number of thiazole rings is 1. The first kappa shape index (κ1) is 26.2. The molecule has 2 aliphatic heterocycles. The Morgan fingerprint density at radius 3 is 2.78 bits per heavy atom. The number of nitrogens with one attached hydrogen (secondary N) is 1. The van der Waals surface area contributed by atoms with E-state index in [2.05, 4.69) is 14.4 Å². The molecule has 10 nitrogen and oxygen atoms in total. The van der Waals surface area contributed by atoms with E-state index >= 15 is 0 Å². The van der Waals surface area contributed by atoms with E-state index in [1.165, 1.54) is 23.5 Å². The number of esters is 2. The number of fused-ring (bicyclic) bond motifs is 1. The van der Waals surface area contributed by atoms with Gasteiger partial charge < -0.3 is 14.4 Å². The molecule has 2 atom stereocenters. The van der Waals surface area contributed by atoms with Gasteiger partial charge in [0.05, 0.1) is 19.3 Å². The van der Waals surface area contributed by atoms with Crippen LogP contribution in [0.5, 0.6) is 0 Å². The van der Waals surface area contributed by atoms with Gasteiger partial charge in [0.15, 0.2) is 16.6 Å². The summed E-state index contributed by atoms with van der Waals surface area (Å²) in [5.74, 6) is -2.53. The summed E-state index contributed by atoms with van der Waals surface area (Å²) in [4.78, 5) is 35.5. The maximum atomic E-state index is 13.8. The van der Waals surface area contributed by atoms with E-state index < -0.39 is 45.6 Å². The van der Waals surface area contributed by atoms with Crippen LogP contribution in [0.3, 0.4) is 0 Å². The van der Waals surface area contributed by atoms with Gasteiger partial charge in [0.1, 0.15) is 11.9 Å². The van der Waals surface area contributed by atoms with E-state index in [4.69, 9.17) is 21.3 Å². The van der Waals surface area contributed by atoms with Crippen molar-refractivity contribution in [3.63, 3.8) is 0 Å². The fourth-order valence-electron chi connectivity index (χ4n) is 4.10. The van der Waals surface area contributed by atoms with Crippen LogP contribution < -0.4 is 4.72 Å². The number of halogens is 2. The lowest BCUT2D eigenvalue weighted by Gasteiger charge is -2.31. The fourth-order valence-corrected chi connectivity index (χ4v) is 6.19. The summed E-state index contributed by atoms with van der Waals surface area (Å²) in [5.41, 5.74) is 1.03. The number of methoxy groups -OCH3 is 1. The second-order valence-electron chi connectivity index (χ2n) is 7.90. The molecule has 1 fully saturated rings. The Labute approximate surface area is 215 Å². The Bertz CT molecular complexity index is 1350. The van der Waals surface area contributed by atoms with E-state index in [9.17, 15) is 22.4 Å². The van der Waals surface area contributed by atoms with Gasteiger partial charge in [-0.2, -0.15) is 0 Å². The quantitative estimate of drug-likeness (QED) is 0.491. The van der Waals surface area contributed by atoms with Gasteiger partial charge in [0.25, 0.3) is 0 Å². The number of hydrogen-bond acceptors (Lipinski definition) is 10. The number of carbonyl (C=O) groups is 2. The van der Waals surface area contributed by atoms with Crippen molar-refractivity contribution in [1.82, 2.24) is 14.6 Å². The zero-order chi connectivity index (χ0) is 26.0. The molecule has 0 saturated carbocycles. The molecule has 0 amide bonds.